The molecular weight excluding hydrogens is 200 g/mol. The Morgan fingerprint density at radius 1 is 1.06 bits per heavy atom. The largest absolute Gasteiger partial charge is 0.294 e. The fourth-order valence-corrected chi connectivity index (χ4v) is 2.09. The van der Waals surface area contributed by atoms with Crippen LogP contribution >= 0.6 is 0 Å². The minimum absolute atomic E-state index is 0.216. The van der Waals surface area contributed by atoms with E-state index in [4.69, 9.17) is 0 Å². The van der Waals surface area contributed by atoms with Crippen molar-refractivity contribution < 1.29 is 4.79 Å². The number of rotatable bonds is 2. The van der Waals surface area contributed by atoms with Crippen LogP contribution in [0, 0.1) is 0 Å². The Hall–Kier alpha value is -1.77. The standard InChI is InChI=1S/C13H14N2O/c1-9-11(12(16)15-14-9)13(2,3)10-7-5-4-6-8-10/h4-8H,1-3H3. The van der Waals surface area contributed by atoms with Gasteiger partial charge in [-0.25, -0.2) is 0 Å². The molecule has 0 radical (unpaired) electrons. The number of azo groups is 1. The Labute approximate surface area is 94.9 Å². The summed E-state index contributed by atoms with van der Waals surface area (Å²) in [6.45, 7) is 5.87. The predicted octanol–water partition coefficient (Wildman–Crippen LogP) is 3.23. The van der Waals surface area contributed by atoms with Crippen molar-refractivity contribution in [1.29, 1.82) is 0 Å². The molecule has 0 unspecified atom stereocenters. The highest BCUT2D eigenvalue weighted by Crippen LogP contribution is 2.36. The van der Waals surface area contributed by atoms with E-state index in [1.807, 2.05) is 51.1 Å². The van der Waals surface area contributed by atoms with Crippen LogP contribution in [0.1, 0.15) is 26.3 Å². The van der Waals surface area contributed by atoms with Gasteiger partial charge in [0.15, 0.2) is 0 Å². The van der Waals surface area contributed by atoms with Gasteiger partial charge in [0.25, 0.3) is 5.91 Å². The van der Waals surface area contributed by atoms with Gasteiger partial charge in [-0.1, -0.05) is 44.2 Å². The normalized spacial score (nSPS) is 16.1. The highest BCUT2D eigenvalue weighted by molar-refractivity contribution is 5.98. The van der Waals surface area contributed by atoms with Gasteiger partial charge in [-0.2, -0.15) is 5.11 Å². The molecule has 1 aromatic carbocycles. The molecule has 3 nitrogen and oxygen atoms in total. The summed E-state index contributed by atoms with van der Waals surface area (Å²) in [5.41, 5.74) is 2.17. The summed E-state index contributed by atoms with van der Waals surface area (Å²) >= 11 is 0. The van der Waals surface area contributed by atoms with E-state index in [9.17, 15) is 4.79 Å². The summed E-state index contributed by atoms with van der Waals surface area (Å²) in [6, 6.07) is 9.95. The number of carbonyl (C=O) groups is 1. The van der Waals surface area contributed by atoms with Crippen molar-refractivity contribution in [3.05, 3.63) is 47.2 Å². The molecule has 1 aromatic rings. The maximum absolute atomic E-state index is 11.7. The van der Waals surface area contributed by atoms with Crippen LogP contribution in [-0.2, 0) is 10.2 Å². The lowest BCUT2D eigenvalue weighted by Gasteiger charge is -2.25. The number of allylic oxidation sites excluding steroid dienone is 1. The van der Waals surface area contributed by atoms with E-state index in [-0.39, 0.29) is 11.3 Å². The number of nitrogens with zero attached hydrogens (tertiary/aromatic N) is 2. The zero-order valence-electron chi connectivity index (χ0n) is 9.69. The number of carbonyl (C=O) groups excluding carboxylic acids is 1. The highest BCUT2D eigenvalue weighted by Gasteiger charge is 2.34. The van der Waals surface area contributed by atoms with Gasteiger partial charge in [0, 0.05) is 5.41 Å². The monoisotopic (exact) mass is 214 g/mol. The zero-order valence-corrected chi connectivity index (χ0v) is 9.69. The minimum atomic E-state index is -0.341. The van der Waals surface area contributed by atoms with Crippen molar-refractivity contribution in [2.45, 2.75) is 26.2 Å². The molecule has 1 aliphatic heterocycles. The average molecular weight is 214 g/mol. The summed E-state index contributed by atoms with van der Waals surface area (Å²) < 4.78 is 0. The second kappa shape index (κ2) is 3.67. The Morgan fingerprint density at radius 3 is 2.19 bits per heavy atom. The summed E-state index contributed by atoms with van der Waals surface area (Å²) in [5.74, 6) is -0.216. The molecule has 0 spiro atoms. The lowest BCUT2D eigenvalue weighted by molar-refractivity contribution is -0.115. The Morgan fingerprint density at radius 2 is 1.69 bits per heavy atom. The molecule has 3 heteroatoms. The van der Waals surface area contributed by atoms with E-state index in [0.717, 1.165) is 11.3 Å². The molecule has 0 aliphatic carbocycles. The molecule has 0 N–H and O–H groups in total. The van der Waals surface area contributed by atoms with Gasteiger partial charge in [0.05, 0.1) is 11.3 Å². The molecule has 0 atom stereocenters. The SMILES string of the molecule is CC1=C(C(C)(C)c2ccccc2)C(=O)N=N1. The molecule has 0 saturated heterocycles. The summed E-state index contributed by atoms with van der Waals surface area (Å²) in [6.07, 6.45) is 0. The van der Waals surface area contributed by atoms with E-state index in [1.165, 1.54) is 0 Å². The van der Waals surface area contributed by atoms with Crippen molar-refractivity contribution in [1.82, 2.24) is 0 Å². The summed E-state index contributed by atoms with van der Waals surface area (Å²) in [5, 5.41) is 7.45. The van der Waals surface area contributed by atoms with E-state index >= 15 is 0 Å². The lowest BCUT2D eigenvalue weighted by atomic mass is 9.77. The molecular formula is C13H14N2O. The second-order valence-corrected chi connectivity index (χ2v) is 4.46. The van der Waals surface area contributed by atoms with Gasteiger partial charge in [0.1, 0.15) is 0 Å². The molecule has 82 valence electrons. The topological polar surface area (TPSA) is 41.8 Å². The van der Waals surface area contributed by atoms with Crippen LogP contribution in [0.15, 0.2) is 51.8 Å². The third-order valence-corrected chi connectivity index (χ3v) is 2.99. The first-order chi connectivity index (χ1) is 7.53. The van der Waals surface area contributed by atoms with Crippen LogP contribution in [0.4, 0.5) is 0 Å². The van der Waals surface area contributed by atoms with Crippen LogP contribution in [0.25, 0.3) is 0 Å². The molecule has 0 aromatic heterocycles. The number of hydrogen-bond donors (Lipinski definition) is 0. The molecule has 0 saturated carbocycles. The Bertz CT molecular complexity index is 484. The number of amides is 1. The van der Waals surface area contributed by atoms with Gasteiger partial charge >= 0.3 is 0 Å². The van der Waals surface area contributed by atoms with Crippen molar-refractivity contribution >= 4 is 5.91 Å². The third-order valence-electron chi connectivity index (χ3n) is 2.99. The third kappa shape index (κ3) is 1.58. The van der Waals surface area contributed by atoms with Gasteiger partial charge in [-0.05, 0) is 12.5 Å². The quantitative estimate of drug-likeness (QED) is 0.745. The fraction of sp³-hybridized carbons (Fsp3) is 0.308. The molecule has 16 heavy (non-hydrogen) atoms. The smallest absolute Gasteiger partial charge is 0.265 e. The summed E-state index contributed by atoms with van der Waals surface area (Å²) in [4.78, 5) is 11.7. The van der Waals surface area contributed by atoms with E-state index in [1.54, 1.807) is 0 Å². The van der Waals surface area contributed by atoms with Gasteiger partial charge in [-0.3, -0.25) is 4.79 Å². The Kier molecular flexibility index (Phi) is 2.46. The van der Waals surface area contributed by atoms with Crippen LogP contribution in [0.5, 0.6) is 0 Å². The molecule has 2 rings (SSSR count). The Balaban J connectivity index is 2.49. The van der Waals surface area contributed by atoms with E-state index in [2.05, 4.69) is 10.2 Å². The van der Waals surface area contributed by atoms with Crippen LogP contribution in [0.3, 0.4) is 0 Å². The van der Waals surface area contributed by atoms with Crippen LogP contribution in [0.2, 0.25) is 0 Å². The second-order valence-electron chi connectivity index (χ2n) is 4.46. The van der Waals surface area contributed by atoms with Crippen LogP contribution in [-0.4, -0.2) is 5.91 Å². The number of hydrogen-bond acceptors (Lipinski definition) is 2. The first-order valence-corrected chi connectivity index (χ1v) is 5.26. The lowest BCUT2D eigenvalue weighted by Crippen LogP contribution is -2.24. The molecule has 1 aliphatic rings. The molecule has 0 fully saturated rings. The van der Waals surface area contributed by atoms with Crippen molar-refractivity contribution in [2.75, 3.05) is 0 Å². The summed E-state index contributed by atoms with van der Waals surface area (Å²) in [7, 11) is 0. The predicted molar refractivity (Wildman–Crippen MR) is 62.0 cm³/mol. The first-order valence-electron chi connectivity index (χ1n) is 5.26. The molecule has 0 bridgehead atoms. The van der Waals surface area contributed by atoms with Crippen molar-refractivity contribution in [2.24, 2.45) is 10.2 Å². The van der Waals surface area contributed by atoms with Gasteiger partial charge in [0.2, 0.25) is 0 Å². The van der Waals surface area contributed by atoms with E-state index in [0.29, 0.717) is 5.57 Å². The van der Waals surface area contributed by atoms with Gasteiger partial charge in [-0.15, -0.1) is 5.11 Å². The zero-order chi connectivity index (χ0) is 11.8. The van der Waals surface area contributed by atoms with E-state index < -0.39 is 0 Å². The molecule has 1 amide bonds. The van der Waals surface area contributed by atoms with Crippen molar-refractivity contribution in [3.63, 3.8) is 0 Å². The number of benzene rings is 1. The average Bonchev–Trinajstić information content (AvgIpc) is 2.60. The minimum Gasteiger partial charge on any atom is -0.265 e. The van der Waals surface area contributed by atoms with Crippen LogP contribution < -0.4 is 0 Å². The first kappa shape index (κ1) is 10.7. The maximum Gasteiger partial charge on any atom is 0.294 e. The van der Waals surface area contributed by atoms with Gasteiger partial charge < -0.3 is 0 Å². The highest BCUT2D eigenvalue weighted by atomic mass is 16.2. The molecule has 1 heterocycles. The van der Waals surface area contributed by atoms with Crippen molar-refractivity contribution in [3.8, 4) is 0 Å². The fourth-order valence-electron chi connectivity index (χ4n) is 2.09. The maximum atomic E-state index is 11.7.